The summed E-state index contributed by atoms with van der Waals surface area (Å²) < 4.78 is 40.9. The second-order valence-corrected chi connectivity index (χ2v) is 4.08. The van der Waals surface area contributed by atoms with E-state index in [0.29, 0.717) is 5.56 Å². The Morgan fingerprint density at radius 3 is 2.58 bits per heavy atom. The highest BCUT2D eigenvalue weighted by Gasteiger charge is 2.28. The first-order chi connectivity index (χ1) is 8.69. The molecule has 0 fully saturated rings. The highest BCUT2D eigenvalue weighted by Crippen LogP contribution is 2.31. The first-order valence-electron chi connectivity index (χ1n) is 5.52. The summed E-state index contributed by atoms with van der Waals surface area (Å²) in [6.07, 6.45) is -5.55. The molecular weight excluding hydrogens is 263 g/mol. The molecule has 0 unspecified atom stereocenters. The van der Waals surface area contributed by atoms with Crippen molar-refractivity contribution in [1.82, 2.24) is 0 Å². The Morgan fingerprint density at radius 2 is 2.11 bits per heavy atom. The maximum atomic E-state index is 12.1. The third-order valence-electron chi connectivity index (χ3n) is 2.40. The number of ether oxygens (including phenoxy) is 1. The zero-order valence-corrected chi connectivity index (χ0v) is 10.2. The first-order valence-corrected chi connectivity index (χ1v) is 5.52. The van der Waals surface area contributed by atoms with Crippen LogP contribution in [0.2, 0.25) is 0 Å². The van der Waals surface area contributed by atoms with E-state index in [2.05, 4.69) is 4.74 Å². The lowest BCUT2D eigenvalue weighted by Crippen LogP contribution is -2.15. The molecule has 0 bridgehead atoms. The van der Waals surface area contributed by atoms with Crippen LogP contribution in [0, 0.1) is 0 Å². The van der Waals surface area contributed by atoms with Crippen molar-refractivity contribution >= 4 is 5.97 Å². The maximum absolute atomic E-state index is 12.1. The fourth-order valence-electron chi connectivity index (χ4n) is 1.49. The number of benzene rings is 1. The number of rotatable bonds is 4. The zero-order chi connectivity index (χ0) is 14.6. The Bertz CT molecular complexity index is 460. The average molecular weight is 277 g/mol. The predicted molar refractivity (Wildman–Crippen MR) is 61.6 cm³/mol. The van der Waals surface area contributed by atoms with Gasteiger partial charge in [0.1, 0.15) is 0 Å². The molecule has 19 heavy (non-hydrogen) atoms. The highest BCUT2D eigenvalue weighted by atomic mass is 19.4. The van der Waals surface area contributed by atoms with Crippen molar-refractivity contribution in [2.24, 2.45) is 5.73 Å². The second-order valence-electron chi connectivity index (χ2n) is 4.08. The van der Waals surface area contributed by atoms with Crippen LogP contribution in [0.3, 0.4) is 0 Å². The molecule has 0 saturated carbocycles. The smallest absolute Gasteiger partial charge is 0.389 e. The number of esters is 1. The van der Waals surface area contributed by atoms with Crippen LogP contribution in [-0.2, 0) is 4.79 Å². The van der Waals surface area contributed by atoms with Gasteiger partial charge in [0.25, 0.3) is 0 Å². The van der Waals surface area contributed by atoms with Crippen LogP contribution >= 0.6 is 0 Å². The number of hydrogen-bond donors (Lipinski definition) is 2. The lowest BCUT2D eigenvalue weighted by Gasteiger charge is -2.14. The molecule has 0 aromatic heterocycles. The number of nitrogens with two attached hydrogens (primary N) is 1. The van der Waals surface area contributed by atoms with Gasteiger partial charge in [-0.15, -0.1) is 0 Å². The Balaban J connectivity index is 2.74. The molecule has 0 heterocycles. The highest BCUT2D eigenvalue weighted by molar-refractivity contribution is 5.70. The SMILES string of the molecule is CC(=O)Oc1ccc([C@H](N)CCC(F)(F)F)cc1O. The summed E-state index contributed by atoms with van der Waals surface area (Å²) >= 11 is 0. The molecule has 1 atom stereocenters. The minimum Gasteiger partial charge on any atom is -0.504 e. The number of aromatic hydroxyl groups is 1. The van der Waals surface area contributed by atoms with E-state index in [-0.39, 0.29) is 17.9 Å². The van der Waals surface area contributed by atoms with Crippen LogP contribution in [0.5, 0.6) is 11.5 Å². The monoisotopic (exact) mass is 277 g/mol. The van der Waals surface area contributed by atoms with E-state index in [1.165, 1.54) is 25.1 Å². The number of alkyl halides is 3. The van der Waals surface area contributed by atoms with Crippen molar-refractivity contribution in [1.29, 1.82) is 0 Å². The lowest BCUT2D eigenvalue weighted by atomic mass is 10.0. The summed E-state index contributed by atoms with van der Waals surface area (Å²) in [5, 5.41) is 9.56. The van der Waals surface area contributed by atoms with Crippen molar-refractivity contribution in [3.63, 3.8) is 0 Å². The van der Waals surface area contributed by atoms with E-state index < -0.39 is 24.6 Å². The number of halogens is 3. The first kappa shape index (κ1) is 15.3. The summed E-state index contributed by atoms with van der Waals surface area (Å²) in [5.41, 5.74) is 5.95. The Labute approximate surface area is 108 Å². The van der Waals surface area contributed by atoms with Crippen molar-refractivity contribution in [2.45, 2.75) is 32.0 Å². The van der Waals surface area contributed by atoms with Gasteiger partial charge in [-0.1, -0.05) is 6.07 Å². The van der Waals surface area contributed by atoms with Crippen LogP contribution in [0.25, 0.3) is 0 Å². The van der Waals surface area contributed by atoms with E-state index in [4.69, 9.17) is 5.73 Å². The molecule has 0 aliphatic rings. The Morgan fingerprint density at radius 1 is 1.47 bits per heavy atom. The summed E-state index contributed by atoms with van der Waals surface area (Å²) in [6.45, 7) is 1.17. The molecule has 4 nitrogen and oxygen atoms in total. The fourth-order valence-corrected chi connectivity index (χ4v) is 1.49. The Hall–Kier alpha value is -1.76. The molecule has 1 aromatic carbocycles. The van der Waals surface area contributed by atoms with Gasteiger partial charge in [-0.25, -0.2) is 0 Å². The number of carbonyl (C=O) groups excluding carboxylic acids is 1. The zero-order valence-electron chi connectivity index (χ0n) is 10.2. The van der Waals surface area contributed by atoms with Gasteiger partial charge in [0.2, 0.25) is 0 Å². The van der Waals surface area contributed by atoms with E-state index in [1.807, 2.05) is 0 Å². The molecule has 1 aromatic rings. The van der Waals surface area contributed by atoms with Gasteiger partial charge in [0.15, 0.2) is 11.5 Å². The van der Waals surface area contributed by atoms with E-state index in [0.717, 1.165) is 0 Å². The molecule has 0 aliphatic carbocycles. The summed E-state index contributed by atoms with van der Waals surface area (Å²) in [5.74, 6) is -1.00. The molecule has 7 heteroatoms. The summed E-state index contributed by atoms with van der Waals surface area (Å²) in [6, 6.07) is 3.05. The molecule has 3 N–H and O–H groups in total. The van der Waals surface area contributed by atoms with Gasteiger partial charge in [-0.3, -0.25) is 4.79 Å². The van der Waals surface area contributed by atoms with Crippen LogP contribution in [0.1, 0.15) is 31.4 Å². The maximum Gasteiger partial charge on any atom is 0.389 e. The molecule has 0 aliphatic heterocycles. The molecule has 0 saturated heterocycles. The van der Waals surface area contributed by atoms with Gasteiger partial charge in [-0.2, -0.15) is 13.2 Å². The van der Waals surface area contributed by atoms with Crippen LogP contribution < -0.4 is 10.5 Å². The third-order valence-corrected chi connectivity index (χ3v) is 2.40. The normalized spacial score (nSPS) is 13.1. The van der Waals surface area contributed by atoms with Crippen LogP contribution in [-0.4, -0.2) is 17.3 Å². The number of hydrogen-bond acceptors (Lipinski definition) is 4. The standard InChI is InChI=1S/C12H14F3NO3/c1-7(17)19-11-3-2-8(6-10(11)18)9(16)4-5-12(13,14)15/h2-3,6,9,18H,4-5,16H2,1H3/t9-/m1/s1. The molecule has 0 spiro atoms. The summed E-state index contributed by atoms with van der Waals surface area (Å²) in [7, 11) is 0. The molecule has 0 amide bonds. The van der Waals surface area contributed by atoms with Gasteiger partial charge >= 0.3 is 12.1 Å². The largest absolute Gasteiger partial charge is 0.504 e. The number of phenols is 1. The van der Waals surface area contributed by atoms with Crippen molar-refractivity contribution in [3.8, 4) is 11.5 Å². The van der Waals surface area contributed by atoms with E-state index in [9.17, 15) is 23.1 Å². The van der Waals surface area contributed by atoms with Crippen LogP contribution in [0.4, 0.5) is 13.2 Å². The number of carbonyl (C=O) groups is 1. The van der Waals surface area contributed by atoms with Gasteiger partial charge in [0.05, 0.1) is 0 Å². The van der Waals surface area contributed by atoms with E-state index in [1.54, 1.807) is 0 Å². The second kappa shape index (κ2) is 5.92. The van der Waals surface area contributed by atoms with Gasteiger partial charge in [-0.05, 0) is 24.1 Å². The minimum atomic E-state index is -4.27. The molecular formula is C12H14F3NO3. The van der Waals surface area contributed by atoms with Gasteiger partial charge < -0.3 is 15.6 Å². The fraction of sp³-hybridized carbons (Fsp3) is 0.417. The quantitative estimate of drug-likeness (QED) is 0.655. The Kier molecular flexibility index (Phi) is 4.77. The lowest BCUT2D eigenvalue weighted by molar-refractivity contribution is -0.136. The van der Waals surface area contributed by atoms with Crippen molar-refractivity contribution in [2.75, 3.05) is 0 Å². The summed E-state index contributed by atoms with van der Waals surface area (Å²) in [4.78, 5) is 10.7. The van der Waals surface area contributed by atoms with Crippen molar-refractivity contribution in [3.05, 3.63) is 23.8 Å². The predicted octanol–water partition coefficient (Wildman–Crippen LogP) is 2.66. The minimum absolute atomic E-state index is 0.0562. The molecule has 0 radical (unpaired) electrons. The van der Waals surface area contributed by atoms with E-state index >= 15 is 0 Å². The average Bonchev–Trinajstić information content (AvgIpc) is 2.27. The van der Waals surface area contributed by atoms with Gasteiger partial charge in [0, 0.05) is 19.4 Å². The number of phenolic OH excluding ortho intramolecular Hbond substituents is 1. The third kappa shape index (κ3) is 5.17. The van der Waals surface area contributed by atoms with Crippen molar-refractivity contribution < 1.29 is 27.8 Å². The van der Waals surface area contributed by atoms with Crippen LogP contribution in [0.15, 0.2) is 18.2 Å². The topological polar surface area (TPSA) is 72.5 Å². The molecule has 106 valence electrons. The molecule has 1 rings (SSSR count).